The zero-order valence-electron chi connectivity index (χ0n) is 8.45. The van der Waals surface area contributed by atoms with Crippen molar-refractivity contribution in [3.63, 3.8) is 0 Å². The number of nitrogens with zero attached hydrogens (tertiary/aromatic N) is 1. The topological polar surface area (TPSA) is 33.1 Å². The molecule has 1 heterocycles. The van der Waals surface area contributed by atoms with Crippen molar-refractivity contribution in [3.05, 3.63) is 50.1 Å². The highest BCUT2D eigenvalue weighted by molar-refractivity contribution is 9.10. The Morgan fingerprint density at radius 2 is 2.25 bits per heavy atom. The van der Waals surface area contributed by atoms with Crippen molar-refractivity contribution in [2.45, 2.75) is 13.0 Å². The van der Waals surface area contributed by atoms with Crippen molar-refractivity contribution in [2.75, 3.05) is 0 Å². The molecule has 0 aliphatic rings. The summed E-state index contributed by atoms with van der Waals surface area (Å²) in [5.41, 5.74) is 3.08. The number of benzene rings is 1. The molecule has 5 heteroatoms. The number of rotatable bonds is 2. The molecule has 1 N–H and O–H groups in total. The molecule has 1 aromatic carbocycles. The van der Waals surface area contributed by atoms with Gasteiger partial charge in [0.2, 0.25) is 0 Å². The van der Waals surface area contributed by atoms with Crippen LogP contribution in [0.1, 0.15) is 22.1 Å². The summed E-state index contributed by atoms with van der Waals surface area (Å²) in [4.78, 5) is 4.74. The minimum atomic E-state index is -0.762. The van der Waals surface area contributed by atoms with E-state index >= 15 is 0 Å². The van der Waals surface area contributed by atoms with E-state index in [2.05, 4.69) is 20.9 Å². The summed E-state index contributed by atoms with van der Waals surface area (Å²) in [5, 5.41) is 10.2. The first-order chi connectivity index (χ1) is 7.59. The average Bonchev–Trinajstić information content (AvgIpc) is 2.63. The highest BCUT2D eigenvalue weighted by Crippen LogP contribution is 2.32. The first kappa shape index (κ1) is 11.7. The van der Waals surface area contributed by atoms with Crippen LogP contribution in [-0.4, -0.2) is 10.1 Å². The van der Waals surface area contributed by atoms with Gasteiger partial charge in [0.1, 0.15) is 16.5 Å². The Hall–Kier alpha value is -0.780. The van der Waals surface area contributed by atoms with E-state index in [0.29, 0.717) is 10.2 Å². The lowest BCUT2D eigenvalue weighted by Gasteiger charge is -2.12. The van der Waals surface area contributed by atoms with Crippen molar-refractivity contribution in [1.82, 2.24) is 4.98 Å². The van der Waals surface area contributed by atoms with Crippen molar-refractivity contribution >= 4 is 27.3 Å². The second kappa shape index (κ2) is 4.61. The summed E-state index contributed by atoms with van der Waals surface area (Å²) in [6.45, 7) is 1.77. The maximum atomic E-state index is 12.9. The Morgan fingerprint density at radius 3 is 2.81 bits per heavy atom. The SMILES string of the molecule is Cc1cc(F)ccc1C(O)c1scnc1Br. The van der Waals surface area contributed by atoms with E-state index in [0.717, 1.165) is 10.4 Å². The lowest BCUT2D eigenvalue weighted by Crippen LogP contribution is -2.01. The first-order valence-electron chi connectivity index (χ1n) is 4.62. The monoisotopic (exact) mass is 301 g/mol. The highest BCUT2D eigenvalue weighted by atomic mass is 79.9. The number of aromatic nitrogens is 1. The number of hydrogen-bond donors (Lipinski definition) is 1. The number of aliphatic hydroxyl groups excluding tert-OH is 1. The van der Waals surface area contributed by atoms with Gasteiger partial charge in [-0.05, 0) is 46.1 Å². The van der Waals surface area contributed by atoms with Crippen LogP contribution < -0.4 is 0 Å². The van der Waals surface area contributed by atoms with Crippen molar-refractivity contribution in [3.8, 4) is 0 Å². The predicted molar refractivity (Wildman–Crippen MR) is 65.0 cm³/mol. The van der Waals surface area contributed by atoms with Crippen molar-refractivity contribution in [1.29, 1.82) is 0 Å². The van der Waals surface area contributed by atoms with E-state index in [-0.39, 0.29) is 5.82 Å². The fourth-order valence-electron chi connectivity index (χ4n) is 1.51. The molecule has 0 amide bonds. The summed E-state index contributed by atoms with van der Waals surface area (Å²) in [6, 6.07) is 4.36. The number of halogens is 2. The number of thiazole rings is 1. The first-order valence-corrected chi connectivity index (χ1v) is 6.30. The third-order valence-corrected chi connectivity index (χ3v) is 4.10. The van der Waals surface area contributed by atoms with Gasteiger partial charge in [0.15, 0.2) is 0 Å². The van der Waals surface area contributed by atoms with Gasteiger partial charge in [0, 0.05) is 0 Å². The largest absolute Gasteiger partial charge is 0.383 e. The van der Waals surface area contributed by atoms with E-state index in [1.165, 1.54) is 23.5 Å². The minimum absolute atomic E-state index is 0.295. The minimum Gasteiger partial charge on any atom is -0.383 e. The van der Waals surface area contributed by atoms with Crippen LogP contribution in [0.3, 0.4) is 0 Å². The third kappa shape index (κ3) is 2.16. The second-order valence-electron chi connectivity index (χ2n) is 3.41. The van der Waals surface area contributed by atoms with Crippen LogP contribution in [0.5, 0.6) is 0 Å². The van der Waals surface area contributed by atoms with Crippen LogP contribution in [0.25, 0.3) is 0 Å². The van der Waals surface area contributed by atoms with Crippen LogP contribution in [-0.2, 0) is 0 Å². The molecule has 0 spiro atoms. The van der Waals surface area contributed by atoms with Gasteiger partial charge in [-0.3, -0.25) is 0 Å². The van der Waals surface area contributed by atoms with Crippen LogP contribution in [0.15, 0.2) is 28.3 Å². The molecule has 0 saturated carbocycles. The zero-order valence-corrected chi connectivity index (χ0v) is 10.8. The van der Waals surface area contributed by atoms with E-state index in [9.17, 15) is 9.50 Å². The number of aliphatic hydroxyl groups is 1. The van der Waals surface area contributed by atoms with E-state index in [1.54, 1.807) is 18.5 Å². The molecule has 2 aromatic rings. The highest BCUT2D eigenvalue weighted by Gasteiger charge is 2.18. The summed E-state index contributed by atoms with van der Waals surface area (Å²) >= 11 is 4.63. The molecule has 1 unspecified atom stereocenters. The van der Waals surface area contributed by atoms with Gasteiger partial charge in [-0.15, -0.1) is 11.3 Å². The van der Waals surface area contributed by atoms with Gasteiger partial charge in [0.25, 0.3) is 0 Å². The van der Waals surface area contributed by atoms with Crippen molar-refractivity contribution < 1.29 is 9.50 Å². The van der Waals surface area contributed by atoms with Gasteiger partial charge >= 0.3 is 0 Å². The van der Waals surface area contributed by atoms with Crippen LogP contribution in [0.2, 0.25) is 0 Å². The predicted octanol–water partition coefficient (Wildman–Crippen LogP) is 3.43. The summed E-state index contributed by atoms with van der Waals surface area (Å²) in [5.74, 6) is -0.295. The molecule has 0 radical (unpaired) electrons. The molecule has 1 aromatic heterocycles. The molecule has 0 fully saturated rings. The molecule has 0 saturated heterocycles. The Morgan fingerprint density at radius 1 is 1.50 bits per heavy atom. The van der Waals surface area contributed by atoms with Gasteiger partial charge in [-0.1, -0.05) is 6.07 Å². The molecule has 0 aliphatic heterocycles. The number of aryl methyl sites for hydroxylation is 1. The molecule has 84 valence electrons. The fraction of sp³-hybridized carbons (Fsp3) is 0.182. The van der Waals surface area contributed by atoms with Crippen molar-refractivity contribution in [2.24, 2.45) is 0 Å². The molecular weight excluding hydrogens is 293 g/mol. The Bertz CT molecular complexity index is 514. The van der Waals surface area contributed by atoms with E-state index in [1.807, 2.05) is 0 Å². The lowest BCUT2D eigenvalue weighted by molar-refractivity contribution is 0.222. The molecule has 16 heavy (non-hydrogen) atoms. The third-order valence-electron chi connectivity index (χ3n) is 2.32. The van der Waals surface area contributed by atoms with Gasteiger partial charge in [0.05, 0.1) is 10.4 Å². The standard InChI is InChI=1S/C11H9BrFNOS/c1-6-4-7(13)2-3-8(6)9(15)10-11(12)14-5-16-10/h2-5,9,15H,1H3. The van der Waals surface area contributed by atoms with Crippen LogP contribution in [0, 0.1) is 12.7 Å². The summed E-state index contributed by atoms with van der Waals surface area (Å²) in [7, 11) is 0. The van der Waals surface area contributed by atoms with Gasteiger partial charge in [-0.25, -0.2) is 9.37 Å². The van der Waals surface area contributed by atoms with Gasteiger partial charge < -0.3 is 5.11 Å². The smallest absolute Gasteiger partial charge is 0.123 e. The van der Waals surface area contributed by atoms with E-state index < -0.39 is 6.10 Å². The molecular formula is C11H9BrFNOS. The maximum absolute atomic E-state index is 12.9. The molecule has 2 nitrogen and oxygen atoms in total. The number of hydrogen-bond acceptors (Lipinski definition) is 3. The molecule has 0 bridgehead atoms. The normalized spacial score (nSPS) is 12.8. The zero-order chi connectivity index (χ0) is 11.7. The lowest BCUT2D eigenvalue weighted by atomic mass is 10.0. The molecule has 1 atom stereocenters. The quantitative estimate of drug-likeness (QED) is 0.922. The second-order valence-corrected chi connectivity index (χ2v) is 5.05. The Labute approximate surface area is 105 Å². The van der Waals surface area contributed by atoms with Crippen LogP contribution >= 0.6 is 27.3 Å². The summed E-state index contributed by atoms with van der Waals surface area (Å²) < 4.78 is 13.6. The molecule has 0 aliphatic carbocycles. The van der Waals surface area contributed by atoms with Crippen LogP contribution in [0.4, 0.5) is 4.39 Å². The molecule has 2 rings (SSSR count). The maximum Gasteiger partial charge on any atom is 0.123 e. The summed E-state index contributed by atoms with van der Waals surface area (Å²) in [6.07, 6.45) is -0.762. The Kier molecular flexibility index (Phi) is 3.37. The van der Waals surface area contributed by atoms with Gasteiger partial charge in [-0.2, -0.15) is 0 Å². The fourth-order valence-corrected chi connectivity index (χ4v) is 2.92. The van der Waals surface area contributed by atoms with E-state index in [4.69, 9.17) is 0 Å². The Balaban J connectivity index is 2.41. The average molecular weight is 302 g/mol.